The molecule has 7 heteroatoms. The summed E-state index contributed by atoms with van der Waals surface area (Å²) in [4.78, 5) is 36.7. The number of imidazole rings is 1. The Balaban J connectivity index is 1.49. The molecular formula is C17H17N5O2. The third kappa shape index (κ3) is 2.64. The zero-order valence-corrected chi connectivity index (χ0v) is 13.0. The van der Waals surface area contributed by atoms with Gasteiger partial charge in [0.05, 0.1) is 16.6 Å². The number of benzene rings is 1. The van der Waals surface area contributed by atoms with E-state index in [1.54, 1.807) is 17.2 Å². The van der Waals surface area contributed by atoms with Crippen molar-refractivity contribution in [3.05, 3.63) is 47.8 Å². The van der Waals surface area contributed by atoms with Crippen LogP contribution in [0.2, 0.25) is 0 Å². The Morgan fingerprint density at radius 3 is 2.75 bits per heavy atom. The number of H-pyrrole nitrogens is 2. The van der Waals surface area contributed by atoms with Crippen LogP contribution in [0.4, 0.5) is 5.95 Å². The van der Waals surface area contributed by atoms with E-state index >= 15 is 0 Å². The number of anilines is 1. The molecule has 24 heavy (non-hydrogen) atoms. The molecule has 4 rings (SSSR count). The Morgan fingerprint density at radius 2 is 1.96 bits per heavy atom. The van der Waals surface area contributed by atoms with Crippen molar-refractivity contribution in [1.29, 1.82) is 0 Å². The summed E-state index contributed by atoms with van der Waals surface area (Å²) in [7, 11) is 0. The molecule has 0 saturated carbocycles. The zero-order chi connectivity index (χ0) is 16.5. The van der Waals surface area contributed by atoms with E-state index in [9.17, 15) is 9.59 Å². The number of hydrogen-bond donors (Lipinski definition) is 3. The Kier molecular flexibility index (Phi) is 3.53. The number of hydrogen-bond acceptors (Lipinski definition) is 3. The monoisotopic (exact) mass is 323 g/mol. The van der Waals surface area contributed by atoms with Gasteiger partial charge in [0.25, 0.3) is 11.8 Å². The largest absolute Gasteiger partial charge is 0.356 e. The summed E-state index contributed by atoms with van der Waals surface area (Å²) in [6.07, 6.45) is 3.61. The Bertz CT molecular complexity index is 871. The summed E-state index contributed by atoms with van der Waals surface area (Å²) in [5.74, 6) is 0.0101. The molecule has 1 aliphatic heterocycles. The molecule has 3 N–H and O–H groups in total. The molecule has 122 valence electrons. The highest BCUT2D eigenvalue weighted by Gasteiger charge is 2.22. The molecule has 1 aromatic carbocycles. The summed E-state index contributed by atoms with van der Waals surface area (Å²) < 4.78 is 0. The molecule has 0 aliphatic carbocycles. The summed E-state index contributed by atoms with van der Waals surface area (Å²) in [5, 5.41) is 2.72. The van der Waals surface area contributed by atoms with Crippen LogP contribution in [0, 0.1) is 0 Å². The maximum absolute atomic E-state index is 12.3. The van der Waals surface area contributed by atoms with Crippen LogP contribution in [-0.4, -0.2) is 44.8 Å². The summed E-state index contributed by atoms with van der Waals surface area (Å²) in [5.41, 5.74) is 2.48. The van der Waals surface area contributed by atoms with Crippen molar-refractivity contribution in [1.82, 2.24) is 19.9 Å². The van der Waals surface area contributed by atoms with Gasteiger partial charge >= 0.3 is 0 Å². The number of aromatic amines is 2. The fraction of sp³-hybridized carbons (Fsp3) is 0.235. The van der Waals surface area contributed by atoms with Crippen molar-refractivity contribution in [3.63, 3.8) is 0 Å². The molecule has 2 amide bonds. The number of rotatable bonds is 3. The van der Waals surface area contributed by atoms with Crippen LogP contribution in [0.1, 0.15) is 33.7 Å². The van der Waals surface area contributed by atoms with Crippen LogP contribution in [0.3, 0.4) is 0 Å². The van der Waals surface area contributed by atoms with Gasteiger partial charge in [-0.2, -0.15) is 0 Å². The highest BCUT2D eigenvalue weighted by molar-refractivity contribution is 6.05. The van der Waals surface area contributed by atoms with Crippen molar-refractivity contribution in [2.24, 2.45) is 0 Å². The first-order chi connectivity index (χ1) is 11.7. The minimum atomic E-state index is -0.314. The summed E-state index contributed by atoms with van der Waals surface area (Å²) >= 11 is 0. The molecule has 3 heterocycles. The topological polar surface area (TPSA) is 93.9 Å². The van der Waals surface area contributed by atoms with Gasteiger partial charge in [0.15, 0.2) is 0 Å². The second kappa shape index (κ2) is 5.84. The van der Waals surface area contributed by atoms with E-state index in [1.165, 1.54) is 0 Å². The van der Waals surface area contributed by atoms with Crippen molar-refractivity contribution < 1.29 is 9.59 Å². The fourth-order valence-electron chi connectivity index (χ4n) is 2.93. The van der Waals surface area contributed by atoms with Crippen LogP contribution in [-0.2, 0) is 0 Å². The van der Waals surface area contributed by atoms with E-state index in [2.05, 4.69) is 20.3 Å². The maximum Gasteiger partial charge on any atom is 0.270 e. The minimum Gasteiger partial charge on any atom is -0.356 e. The van der Waals surface area contributed by atoms with Crippen LogP contribution in [0.25, 0.3) is 11.0 Å². The van der Waals surface area contributed by atoms with E-state index in [0.717, 1.165) is 37.0 Å². The Labute approximate surface area is 138 Å². The molecule has 2 aromatic heterocycles. The predicted molar refractivity (Wildman–Crippen MR) is 90.0 cm³/mol. The average molecular weight is 323 g/mol. The molecule has 1 aliphatic rings. The Hall–Kier alpha value is -3.09. The number of fused-ring (bicyclic) bond motifs is 1. The van der Waals surface area contributed by atoms with Gasteiger partial charge in [-0.25, -0.2) is 4.98 Å². The van der Waals surface area contributed by atoms with Gasteiger partial charge in [-0.1, -0.05) is 12.1 Å². The number of nitrogens with zero attached hydrogens (tertiary/aromatic N) is 2. The normalized spacial score (nSPS) is 14.2. The van der Waals surface area contributed by atoms with Crippen LogP contribution in [0.15, 0.2) is 36.5 Å². The Morgan fingerprint density at radius 1 is 1.17 bits per heavy atom. The van der Waals surface area contributed by atoms with Crippen molar-refractivity contribution >= 4 is 28.8 Å². The first-order valence-corrected chi connectivity index (χ1v) is 7.94. The van der Waals surface area contributed by atoms with Crippen molar-refractivity contribution in [2.45, 2.75) is 12.8 Å². The predicted octanol–water partition coefficient (Wildman–Crippen LogP) is 2.38. The quantitative estimate of drug-likeness (QED) is 0.691. The number of nitrogens with one attached hydrogen (secondary N) is 3. The van der Waals surface area contributed by atoms with E-state index in [1.807, 2.05) is 24.3 Å². The molecule has 0 atom stereocenters. The second-order valence-electron chi connectivity index (χ2n) is 5.86. The lowest BCUT2D eigenvalue weighted by atomic mass is 10.3. The van der Waals surface area contributed by atoms with Crippen LogP contribution in [0.5, 0.6) is 0 Å². The van der Waals surface area contributed by atoms with Gasteiger partial charge in [0, 0.05) is 19.3 Å². The SMILES string of the molecule is O=C(Nc1nc2ccccc2[nH]1)c1c[nH]c(C(=O)N2CCCC2)c1. The van der Waals surface area contributed by atoms with Crippen molar-refractivity contribution in [3.8, 4) is 0 Å². The molecular weight excluding hydrogens is 306 g/mol. The third-order valence-electron chi connectivity index (χ3n) is 4.19. The minimum absolute atomic E-state index is 0.0599. The highest BCUT2D eigenvalue weighted by Crippen LogP contribution is 2.16. The van der Waals surface area contributed by atoms with E-state index < -0.39 is 0 Å². The van der Waals surface area contributed by atoms with E-state index in [0.29, 0.717) is 17.2 Å². The first-order valence-electron chi connectivity index (χ1n) is 7.94. The van der Waals surface area contributed by atoms with Crippen LogP contribution < -0.4 is 5.32 Å². The summed E-state index contributed by atoms with van der Waals surface area (Å²) in [6.45, 7) is 1.55. The van der Waals surface area contributed by atoms with Gasteiger partial charge in [-0.15, -0.1) is 0 Å². The molecule has 0 radical (unpaired) electrons. The average Bonchev–Trinajstić information content (AvgIpc) is 3.33. The molecule has 1 saturated heterocycles. The number of para-hydroxylation sites is 2. The summed E-state index contributed by atoms with van der Waals surface area (Å²) in [6, 6.07) is 9.12. The number of amides is 2. The van der Waals surface area contributed by atoms with Gasteiger partial charge < -0.3 is 14.9 Å². The number of likely N-dealkylation sites (tertiary alicyclic amines) is 1. The maximum atomic E-state index is 12.3. The fourth-order valence-corrected chi connectivity index (χ4v) is 2.93. The molecule has 0 spiro atoms. The van der Waals surface area contributed by atoms with E-state index in [-0.39, 0.29) is 11.8 Å². The number of aromatic nitrogens is 3. The van der Waals surface area contributed by atoms with Gasteiger partial charge in [0.1, 0.15) is 5.69 Å². The van der Waals surface area contributed by atoms with Crippen LogP contribution >= 0.6 is 0 Å². The molecule has 7 nitrogen and oxygen atoms in total. The lowest BCUT2D eigenvalue weighted by Gasteiger charge is -2.13. The smallest absolute Gasteiger partial charge is 0.270 e. The second-order valence-corrected chi connectivity index (χ2v) is 5.86. The first kappa shape index (κ1) is 14.5. The van der Waals surface area contributed by atoms with Gasteiger partial charge in [-0.05, 0) is 31.0 Å². The van der Waals surface area contributed by atoms with Gasteiger partial charge in [0.2, 0.25) is 5.95 Å². The third-order valence-corrected chi connectivity index (χ3v) is 4.19. The molecule has 1 fully saturated rings. The highest BCUT2D eigenvalue weighted by atomic mass is 16.2. The zero-order valence-electron chi connectivity index (χ0n) is 13.0. The molecule has 3 aromatic rings. The van der Waals surface area contributed by atoms with E-state index in [4.69, 9.17) is 0 Å². The lowest BCUT2D eigenvalue weighted by molar-refractivity contribution is 0.0787. The van der Waals surface area contributed by atoms with Crippen molar-refractivity contribution in [2.75, 3.05) is 18.4 Å². The van der Waals surface area contributed by atoms with Gasteiger partial charge in [-0.3, -0.25) is 14.9 Å². The molecule has 0 unspecified atom stereocenters. The number of carbonyl (C=O) groups excluding carboxylic acids is 2. The standard InChI is InChI=1S/C17H17N5O2/c23-15(21-17-19-12-5-1-2-6-13(12)20-17)11-9-14(18-10-11)16(24)22-7-3-4-8-22/h1-2,5-6,9-10,18H,3-4,7-8H2,(H2,19,20,21,23). The molecule has 0 bridgehead atoms. The lowest BCUT2D eigenvalue weighted by Crippen LogP contribution is -2.27. The number of carbonyl (C=O) groups is 2.